The number of aromatic nitrogens is 1. The molecule has 23 heavy (non-hydrogen) atoms. The SMILES string of the molecule is CC/C(=C\F)COc1ccc2nc(NC3CCC(O)C3)oc2c1. The Morgan fingerprint density at radius 2 is 2.39 bits per heavy atom. The molecule has 124 valence electrons. The maximum absolute atomic E-state index is 12.5. The number of aliphatic hydroxyl groups excluding tert-OH is 1. The van der Waals surface area contributed by atoms with E-state index >= 15 is 0 Å². The van der Waals surface area contributed by atoms with Crippen LogP contribution in [0.1, 0.15) is 32.6 Å². The van der Waals surface area contributed by atoms with Crippen LogP contribution in [-0.4, -0.2) is 28.8 Å². The zero-order valence-corrected chi connectivity index (χ0v) is 13.1. The number of oxazole rings is 1. The average molecular weight is 320 g/mol. The van der Waals surface area contributed by atoms with Crippen LogP contribution in [-0.2, 0) is 0 Å². The second-order valence-electron chi connectivity index (χ2n) is 5.87. The van der Waals surface area contributed by atoms with Gasteiger partial charge in [0, 0.05) is 12.1 Å². The Kier molecular flexibility index (Phi) is 4.81. The molecule has 1 aliphatic carbocycles. The summed E-state index contributed by atoms with van der Waals surface area (Å²) in [5.41, 5.74) is 1.95. The number of anilines is 1. The third-order valence-electron chi connectivity index (χ3n) is 4.13. The van der Waals surface area contributed by atoms with Gasteiger partial charge < -0.3 is 19.6 Å². The lowest BCUT2D eigenvalue weighted by molar-refractivity contribution is 0.182. The molecule has 1 heterocycles. The van der Waals surface area contributed by atoms with Gasteiger partial charge in [0.2, 0.25) is 0 Å². The first-order valence-corrected chi connectivity index (χ1v) is 7.94. The van der Waals surface area contributed by atoms with E-state index in [2.05, 4.69) is 10.3 Å². The maximum atomic E-state index is 12.5. The van der Waals surface area contributed by atoms with E-state index < -0.39 is 0 Å². The van der Waals surface area contributed by atoms with E-state index in [4.69, 9.17) is 9.15 Å². The van der Waals surface area contributed by atoms with Crippen molar-refractivity contribution in [2.75, 3.05) is 11.9 Å². The third-order valence-corrected chi connectivity index (χ3v) is 4.13. The van der Waals surface area contributed by atoms with Gasteiger partial charge in [0.1, 0.15) is 17.9 Å². The van der Waals surface area contributed by atoms with Crippen LogP contribution >= 0.6 is 0 Å². The van der Waals surface area contributed by atoms with Crippen LogP contribution in [0.4, 0.5) is 10.4 Å². The molecular formula is C17H21FN2O3. The van der Waals surface area contributed by atoms with Gasteiger partial charge in [-0.05, 0) is 43.4 Å². The summed E-state index contributed by atoms with van der Waals surface area (Å²) in [6.07, 6.45) is 3.38. The molecular weight excluding hydrogens is 299 g/mol. The molecule has 1 fully saturated rings. The minimum absolute atomic E-state index is 0.190. The topological polar surface area (TPSA) is 67.5 Å². The molecule has 0 radical (unpaired) electrons. The van der Waals surface area contributed by atoms with Crippen LogP contribution in [0.15, 0.2) is 34.5 Å². The normalized spacial score (nSPS) is 21.8. The minimum atomic E-state index is -0.242. The number of hydrogen-bond acceptors (Lipinski definition) is 5. The molecule has 0 saturated heterocycles. The molecule has 1 aliphatic rings. The predicted octanol–water partition coefficient (Wildman–Crippen LogP) is 3.80. The summed E-state index contributed by atoms with van der Waals surface area (Å²) in [5, 5.41) is 12.8. The van der Waals surface area contributed by atoms with Crippen molar-refractivity contribution in [3.63, 3.8) is 0 Å². The molecule has 2 aromatic rings. The largest absolute Gasteiger partial charge is 0.489 e. The molecule has 1 saturated carbocycles. The van der Waals surface area contributed by atoms with E-state index in [0.717, 1.165) is 18.4 Å². The first-order chi connectivity index (χ1) is 11.2. The minimum Gasteiger partial charge on any atom is -0.489 e. The summed E-state index contributed by atoms with van der Waals surface area (Å²) >= 11 is 0. The second kappa shape index (κ2) is 7.00. The number of hydrogen-bond donors (Lipinski definition) is 2. The van der Waals surface area contributed by atoms with E-state index in [9.17, 15) is 9.50 Å². The van der Waals surface area contributed by atoms with Crippen molar-refractivity contribution < 1.29 is 18.7 Å². The van der Waals surface area contributed by atoms with Crippen molar-refractivity contribution in [3.8, 4) is 5.75 Å². The number of nitrogens with one attached hydrogen (secondary N) is 1. The van der Waals surface area contributed by atoms with Crippen LogP contribution in [0.3, 0.4) is 0 Å². The van der Waals surface area contributed by atoms with Crippen molar-refractivity contribution in [3.05, 3.63) is 30.1 Å². The number of ether oxygens (including phenoxy) is 1. The first kappa shape index (κ1) is 15.8. The third kappa shape index (κ3) is 3.82. The fourth-order valence-electron chi connectivity index (χ4n) is 2.71. The highest BCUT2D eigenvalue weighted by atomic mass is 19.1. The quantitative estimate of drug-likeness (QED) is 0.847. The molecule has 0 aliphatic heterocycles. The van der Waals surface area contributed by atoms with Crippen molar-refractivity contribution in [2.45, 2.75) is 44.8 Å². The fourth-order valence-corrected chi connectivity index (χ4v) is 2.71. The van der Waals surface area contributed by atoms with Gasteiger partial charge in [-0.1, -0.05) is 6.92 Å². The van der Waals surface area contributed by atoms with Crippen LogP contribution in [0.25, 0.3) is 11.1 Å². The smallest absolute Gasteiger partial charge is 0.295 e. The Balaban J connectivity index is 1.68. The zero-order chi connectivity index (χ0) is 16.2. The predicted molar refractivity (Wildman–Crippen MR) is 86.3 cm³/mol. The van der Waals surface area contributed by atoms with Crippen molar-refractivity contribution >= 4 is 17.1 Å². The molecule has 2 N–H and O–H groups in total. The molecule has 2 atom stereocenters. The highest BCUT2D eigenvalue weighted by Crippen LogP contribution is 2.27. The molecule has 0 bridgehead atoms. The summed E-state index contributed by atoms with van der Waals surface area (Å²) in [6, 6.07) is 6.00. The Bertz CT molecular complexity index is 698. The molecule has 5 nitrogen and oxygen atoms in total. The lowest BCUT2D eigenvalue weighted by atomic mass is 10.2. The number of nitrogens with zero attached hydrogens (tertiary/aromatic N) is 1. The van der Waals surface area contributed by atoms with Gasteiger partial charge in [-0.3, -0.25) is 0 Å². The Morgan fingerprint density at radius 3 is 3.09 bits per heavy atom. The molecule has 1 aromatic heterocycles. The average Bonchev–Trinajstić information content (AvgIpc) is 3.13. The van der Waals surface area contributed by atoms with E-state index in [-0.39, 0.29) is 18.8 Å². The van der Waals surface area contributed by atoms with Crippen molar-refractivity contribution in [2.24, 2.45) is 0 Å². The van der Waals surface area contributed by atoms with Crippen LogP contribution in [0.5, 0.6) is 5.75 Å². The number of benzene rings is 1. The van der Waals surface area contributed by atoms with Gasteiger partial charge in [-0.2, -0.15) is 4.98 Å². The molecule has 2 unspecified atom stereocenters. The molecule has 0 amide bonds. The molecule has 6 heteroatoms. The maximum Gasteiger partial charge on any atom is 0.295 e. The second-order valence-corrected chi connectivity index (χ2v) is 5.87. The van der Waals surface area contributed by atoms with Crippen LogP contribution < -0.4 is 10.1 Å². The highest BCUT2D eigenvalue weighted by Gasteiger charge is 2.23. The van der Waals surface area contributed by atoms with Gasteiger partial charge in [0.05, 0.1) is 12.4 Å². The van der Waals surface area contributed by atoms with Crippen LogP contribution in [0.2, 0.25) is 0 Å². The Morgan fingerprint density at radius 1 is 1.52 bits per heavy atom. The molecule has 3 rings (SSSR count). The fraction of sp³-hybridized carbons (Fsp3) is 0.471. The first-order valence-electron chi connectivity index (χ1n) is 7.94. The zero-order valence-electron chi connectivity index (χ0n) is 13.1. The number of rotatable bonds is 6. The number of fused-ring (bicyclic) bond motifs is 1. The molecule has 1 aromatic carbocycles. The highest BCUT2D eigenvalue weighted by molar-refractivity contribution is 5.76. The van der Waals surface area contributed by atoms with Gasteiger partial charge in [0.15, 0.2) is 5.58 Å². The van der Waals surface area contributed by atoms with E-state index in [1.54, 1.807) is 12.1 Å². The van der Waals surface area contributed by atoms with Crippen molar-refractivity contribution in [1.82, 2.24) is 4.98 Å². The van der Waals surface area contributed by atoms with E-state index in [1.165, 1.54) is 0 Å². The van der Waals surface area contributed by atoms with Gasteiger partial charge in [0.25, 0.3) is 6.01 Å². The summed E-state index contributed by atoms with van der Waals surface area (Å²) in [5.74, 6) is 0.615. The lowest BCUT2D eigenvalue weighted by Crippen LogP contribution is -2.16. The van der Waals surface area contributed by atoms with E-state index in [0.29, 0.717) is 42.1 Å². The number of aliphatic hydroxyl groups is 1. The lowest BCUT2D eigenvalue weighted by Gasteiger charge is -2.08. The standard InChI is InChI=1S/C17H21FN2O3/c1-2-11(9-18)10-22-14-5-6-15-16(8-14)23-17(20-15)19-12-3-4-13(21)7-12/h5-6,8-9,12-13,21H,2-4,7,10H2,1H3,(H,19,20)/b11-9+. The Labute approximate surface area is 134 Å². The Hall–Kier alpha value is -2.08. The summed E-state index contributed by atoms with van der Waals surface area (Å²) in [6.45, 7) is 2.10. The van der Waals surface area contributed by atoms with Gasteiger partial charge in [-0.25, -0.2) is 4.39 Å². The van der Waals surface area contributed by atoms with Crippen LogP contribution in [0, 0.1) is 0 Å². The summed E-state index contributed by atoms with van der Waals surface area (Å²) < 4.78 is 23.8. The van der Waals surface area contributed by atoms with Gasteiger partial charge in [-0.15, -0.1) is 0 Å². The van der Waals surface area contributed by atoms with Crippen molar-refractivity contribution in [1.29, 1.82) is 0 Å². The van der Waals surface area contributed by atoms with E-state index in [1.807, 2.05) is 13.0 Å². The monoisotopic (exact) mass is 320 g/mol. The summed E-state index contributed by atoms with van der Waals surface area (Å²) in [7, 11) is 0. The molecule has 0 spiro atoms. The number of halogens is 1. The van der Waals surface area contributed by atoms with Gasteiger partial charge >= 0.3 is 0 Å². The summed E-state index contributed by atoms with van der Waals surface area (Å²) in [4.78, 5) is 4.38.